The number of carboxylic acids is 2. The highest BCUT2D eigenvalue weighted by atomic mass is 16.4. The number of aromatic nitrogens is 1. The van der Waals surface area contributed by atoms with Crippen LogP contribution in [0.3, 0.4) is 0 Å². The molecular formula is C13H9NO6-2. The number of carbonyl (C=O) groups is 2. The molecule has 0 bridgehead atoms. The van der Waals surface area contributed by atoms with Gasteiger partial charge in [0.25, 0.3) is 0 Å². The van der Waals surface area contributed by atoms with Gasteiger partial charge in [0.1, 0.15) is 11.4 Å². The number of benzene rings is 1. The van der Waals surface area contributed by atoms with Crippen LogP contribution in [0.1, 0.15) is 26.5 Å². The predicted molar refractivity (Wildman–Crippen MR) is 62.8 cm³/mol. The summed E-state index contributed by atoms with van der Waals surface area (Å²) in [4.78, 5) is 22.1. The van der Waals surface area contributed by atoms with Gasteiger partial charge in [0.2, 0.25) is 0 Å². The summed E-state index contributed by atoms with van der Waals surface area (Å²) in [5.74, 6) is -5.89. The van der Waals surface area contributed by atoms with Crippen LogP contribution < -0.4 is 10.2 Å². The Morgan fingerprint density at radius 1 is 0.950 bits per heavy atom. The molecule has 1 heterocycles. The van der Waals surface area contributed by atoms with E-state index in [1.54, 1.807) is 30.3 Å². The fourth-order valence-corrected chi connectivity index (χ4v) is 1.92. The second-order valence-electron chi connectivity index (χ2n) is 4.04. The molecule has 0 fully saturated rings. The molecule has 0 spiro atoms. The van der Waals surface area contributed by atoms with Crippen LogP contribution in [0.15, 0.2) is 30.3 Å². The Bertz CT molecular complexity index is 636. The van der Waals surface area contributed by atoms with Gasteiger partial charge >= 0.3 is 11.9 Å². The molecule has 0 aliphatic heterocycles. The Balaban J connectivity index is 2.63. The van der Waals surface area contributed by atoms with Crippen LogP contribution in [0, 0.1) is 0 Å². The second-order valence-corrected chi connectivity index (χ2v) is 4.04. The van der Waals surface area contributed by atoms with E-state index < -0.39 is 34.8 Å². The molecule has 104 valence electrons. The molecule has 0 aliphatic rings. The molecule has 0 aliphatic carbocycles. The molecule has 0 unspecified atom stereocenters. The maximum absolute atomic E-state index is 11.6. The van der Waals surface area contributed by atoms with Crippen LogP contribution >= 0.6 is 0 Å². The van der Waals surface area contributed by atoms with Gasteiger partial charge in [0.15, 0.2) is 0 Å². The van der Waals surface area contributed by atoms with Crippen molar-refractivity contribution in [1.82, 2.24) is 4.57 Å². The molecule has 2 N–H and O–H groups in total. The molecule has 20 heavy (non-hydrogen) atoms. The summed E-state index contributed by atoms with van der Waals surface area (Å²) in [6.45, 7) is -0.179. The van der Waals surface area contributed by atoms with Crippen molar-refractivity contribution < 1.29 is 30.0 Å². The van der Waals surface area contributed by atoms with Gasteiger partial charge < -0.3 is 25.0 Å². The SMILES string of the molecule is O=C(O)c1c([O-])c([O-])c(C(=O)O)n1Cc1ccccc1. The summed E-state index contributed by atoms with van der Waals surface area (Å²) in [6.07, 6.45) is 0. The lowest BCUT2D eigenvalue weighted by Gasteiger charge is -2.12. The largest absolute Gasteiger partial charge is 0.871 e. The van der Waals surface area contributed by atoms with Crippen molar-refractivity contribution in [3.63, 3.8) is 0 Å². The van der Waals surface area contributed by atoms with Crippen LogP contribution in [0.4, 0.5) is 0 Å². The Hall–Kier alpha value is -2.96. The van der Waals surface area contributed by atoms with Crippen molar-refractivity contribution in [3.05, 3.63) is 47.3 Å². The first-order chi connectivity index (χ1) is 9.43. The van der Waals surface area contributed by atoms with Crippen LogP contribution in [0.25, 0.3) is 0 Å². The summed E-state index contributed by atoms with van der Waals surface area (Å²) < 4.78 is 0.727. The quantitative estimate of drug-likeness (QED) is 0.813. The van der Waals surface area contributed by atoms with Crippen molar-refractivity contribution in [1.29, 1.82) is 0 Å². The molecule has 2 rings (SSSR count). The van der Waals surface area contributed by atoms with Crippen LogP contribution in [-0.2, 0) is 6.54 Å². The molecular weight excluding hydrogens is 266 g/mol. The van der Waals surface area contributed by atoms with Gasteiger partial charge in [0.05, 0.1) is 0 Å². The van der Waals surface area contributed by atoms with Gasteiger partial charge in [-0.25, -0.2) is 9.59 Å². The summed E-state index contributed by atoms with van der Waals surface area (Å²) in [6, 6.07) is 8.34. The van der Waals surface area contributed by atoms with E-state index in [1.807, 2.05) is 0 Å². The first-order valence-corrected chi connectivity index (χ1v) is 5.54. The van der Waals surface area contributed by atoms with Gasteiger partial charge in [0, 0.05) is 6.54 Å². The molecule has 0 radical (unpaired) electrons. The number of rotatable bonds is 4. The summed E-state index contributed by atoms with van der Waals surface area (Å²) >= 11 is 0. The second kappa shape index (κ2) is 4.96. The van der Waals surface area contributed by atoms with Crippen LogP contribution in [-0.4, -0.2) is 26.7 Å². The molecule has 1 aromatic carbocycles. The summed E-state index contributed by atoms with van der Waals surface area (Å²) in [5, 5.41) is 41.1. The monoisotopic (exact) mass is 275 g/mol. The van der Waals surface area contributed by atoms with E-state index in [0.29, 0.717) is 5.56 Å². The number of hydrogen-bond donors (Lipinski definition) is 2. The van der Waals surface area contributed by atoms with Crippen LogP contribution in [0.2, 0.25) is 0 Å². The Morgan fingerprint density at radius 3 is 1.80 bits per heavy atom. The molecule has 7 heteroatoms. The molecule has 0 saturated heterocycles. The van der Waals surface area contributed by atoms with E-state index in [0.717, 1.165) is 4.57 Å². The summed E-state index contributed by atoms with van der Waals surface area (Å²) in [5.41, 5.74) is -1.10. The molecule has 0 amide bonds. The van der Waals surface area contributed by atoms with Crippen molar-refractivity contribution >= 4 is 11.9 Å². The highest BCUT2D eigenvalue weighted by molar-refractivity contribution is 5.97. The first-order valence-electron chi connectivity index (χ1n) is 5.54. The zero-order chi connectivity index (χ0) is 14.9. The first kappa shape index (κ1) is 13.5. The van der Waals surface area contributed by atoms with Crippen LogP contribution in [0.5, 0.6) is 11.5 Å². The van der Waals surface area contributed by atoms with E-state index in [2.05, 4.69) is 0 Å². The average molecular weight is 275 g/mol. The normalized spacial score (nSPS) is 10.4. The zero-order valence-electron chi connectivity index (χ0n) is 10.1. The maximum atomic E-state index is 11.6. The maximum Gasteiger partial charge on any atom is 0.351 e. The van der Waals surface area contributed by atoms with Crippen molar-refractivity contribution in [2.24, 2.45) is 0 Å². The van der Waals surface area contributed by atoms with E-state index in [4.69, 9.17) is 10.2 Å². The minimum atomic E-state index is -1.63. The molecule has 0 atom stereocenters. The number of nitrogens with zero attached hydrogens (tertiary/aromatic N) is 1. The van der Waals surface area contributed by atoms with Gasteiger partial charge in [-0.15, -0.1) is 0 Å². The lowest BCUT2D eigenvalue weighted by Crippen LogP contribution is -2.16. The molecule has 2 aromatic rings. The standard InChI is InChI=1S/C13H11NO6/c15-10-8(12(17)18)14(9(11(10)16)13(19)20)6-7-4-2-1-3-5-7/h1-5,15-16H,6H2,(H,17,18)(H,19,20)/p-2. The smallest absolute Gasteiger partial charge is 0.351 e. The fraction of sp³-hybridized carbons (Fsp3) is 0.0769. The predicted octanol–water partition coefficient (Wildman–Crippen LogP) is 0.0800. The number of hydrogen-bond acceptors (Lipinski definition) is 4. The average Bonchev–Trinajstić information content (AvgIpc) is 2.62. The van der Waals surface area contributed by atoms with E-state index in [9.17, 15) is 19.8 Å². The van der Waals surface area contributed by atoms with Gasteiger partial charge in [-0.3, -0.25) is 0 Å². The molecule has 1 aromatic heterocycles. The highest BCUT2D eigenvalue weighted by Crippen LogP contribution is 2.32. The number of carboxylic acid groups (broad SMARTS) is 2. The molecule has 7 nitrogen and oxygen atoms in total. The zero-order valence-corrected chi connectivity index (χ0v) is 10.1. The van der Waals surface area contributed by atoms with Crippen molar-refractivity contribution in [3.8, 4) is 11.5 Å². The lowest BCUT2D eigenvalue weighted by molar-refractivity contribution is -0.316. The van der Waals surface area contributed by atoms with Crippen molar-refractivity contribution in [2.45, 2.75) is 6.54 Å². The third kappa shape index (κ3) is 2.16. The number of aromatic carboxylic acids is 2. The third-order valence-corrected chi connectivity index (χ3v) is 2.76. The van der Waals surface area contributed by atoms with Crippen molar-refractivity contribution in [2.75, 3.05) is 0 Å². The highest BCUT2D eigenvalue weighted by Gasteiger charge is 2.21. The van der Waals surface area contributed by atoms with E-state index in [-0.39, 0.29) is 6.54 Å². The fourth-order valence-electron chi connectivity index (χ4n) is 1.92. The van der Waals surface area contributed by atoms with E-state index >= 15 is 0 Å². The Labute approximate surface area is 113 Å². The van der Waals surface area contributed by atoms with E-state index in [1.165, 1.54) is 0 Å². The topological polar surface area (TPSA) is 126 Å². The van der Waals surface area contributed by atoms with Gasteiger partial charge in [-0.1, -0.05) is 41.8 Å². The third-order valence-electron chi connectivity index (χ3n) is 2.76. The van der Waals surface area contributed by atoms with Gasteiger partial charge in [-0.2, -0.15) is 0 Å². The lowest BCUT2D eigenvalue weighted by atomic mass is 10.2. The minimum absolute atomic E-state index is 0.179. The Kier molecular flexibility index (Phi) is 3.34. The summed E-state index contributed by atoms with van der Waals surface area (Å²) in [7, 11) is 0. The minimum Gasteiger partial charge on any atom is -0.871 e. The Morgan fingerprint density at radius 2 is 1.40 bits per heavy atom. The van der Waals surface area contributed by atoms with Gasteiger partial charge in [-0.05, 0) is 5.56 Å². The molecule has 0 saturated carbocycles.